The van der Waals surface area contributed by atoms with Crippen molar-refractivity contribution in [1.82, 2.24) is 4.90 Å². The molecule has 0 amide bonds. The van der Waals surface area contributed by atoms with Gasteiger partial charge >= 0.3 is 0 Å². The first-order valence-corrected chi connectivity index (χ1v) is 8.54. The Labute approximate surface area is 126 Å². The summed E-state index contributed by atoms with van der Waals surface area (Å²) in [6.07, 6.45) is 6.39. The molecule has 0 aromatic heterocycles. The molecule has 1 aliphatic rings. The van der Waals surface area contributed by atoms with E-state index in [2.05, 4.69) is 39.5 Å². The fourth-order valence-electron chi connectivity index (χ4n) is 3.21. The predicted octanol–water partition coefficient (Wildman–Crippen LogP) is 3.42. The van der Waals surface area contributed by atoms with Crippen molar-refractivity contribution in [1.29, 1.82) is 0 Å². The number of ether oxygens (including phenoxy) is 1. The number of hydrogen-bond donors (Lipinski definition) is 1. The molecule has 2 unspecified atom stereocenters. The van der Waals surface area contributed by atoms with Gasteiger partial charge in [0.25, 0.3) is 0 Å². The van der Waals surface area contributed by atoms with E-state index in [-0.39, 0.29) is 11.0 Å². The first kappa shape index (κ1) is 17.9. The summed E-state index contributed by atoms with van der Waals surface area (Å²) in [4.78, 5) is 2.58. The molecule has 1 rings (SSSR count). The van der Waals surface area contributed by atoms with Crippen LogP contribution >= 0.6 is 0 Å². The zero-order chi connectivity index (χ0) is 15.2. The second-order valence-corrected chi connectivity index (χ2v) is 7.01. The third-order valence-electron chi connectivity index (χ3n) is 5.17. The minimum Gasteiger partial charge on any atom is -0.378 e. The van der Waals surface area contributed by atoms with Crippen molar-refractivity contribution < 1.29 is 4.74 Å². The summed E-state index contributed by atoms with van der Waals surface area (Å²) in [5.41, 5.74) is 6.72. The van der Waals surface area contributed by atoms with Gasteiger partial charge in [0.1, 0.15) is 0 Å². The molecule has 1 saturated carbocycles. The van der Waals surface area contributed by atoms with Crippen LogP contribution in [0.1, 0.15) is 66.7 Å². The topological polar surface area (TPSA) is 38.5 Å². The molecular weight excluding hydrogens is 248 g/mol. The molecule has 20 heavy (non-hydrogen) atoms. The molecule has 2 atom stereocenters. The van der Waals surface area contributed by atoms with E-state index in [1.54, 1.807) is 0 Å². The molecule has 1 aliphatic carbocycles. The van der Waals surface area contributed by atoms with Crippen LogP contribution in [0.15, 0.2) is 0 Å². The van der Waals surface area contributed by atoms with Crippen molar-refractivity contribution in [3.8, 4) is 0 Å². The summed E-state index contributed by atoms with van der Waals surface area (Å²) >= 11 is 0. The highest BCUT2D eigenvalue weighted by Gasteiger charge is 2.58. The van der Waals surface area contributed by atoms with Gasteiger partial charge in [-0.25, -0.2) is 0 Å². The molecule has 0 saturated heterocycles. The summed E-state index contributed by atoms with van der Waals surface area (Å²) in [6.45, 7) is 15.3. The maximum Gasteiger partial charge on any atom is 0.0662 e. The highest BCUT2D eigenvalue weighted by molar-refractivity contribution is 5.14. The van der Waals surface area contributed by atoms with E-state index in [9.17, 15) is 0 Å². The molecule has 0 aromatic carbocycles. The van der Waals surface area contributed by atoms with Gasteiger partial charge in [-0.05, 0) is 39.3 Å². The Morgan fingerprint density at radius 1 is 1.10 bits per heavy atom. The van der Waals surface area contributed by atoms with Crippen LogP contribution < -0.4 is 5.73 Å². The molecule has 0 aliphatic heterocycles. The van der Waals surface area contributed by atoms with Gasteiger partial charge in [-0.3, -0.25) is 0 Å². The summed E-state index contributed by atoms with van der Waals surface area (Å²) in [7, 11) is 0. The second-order valence-electron chi connectivity index (χ2n) is 7.01. The zero-order valence-electron chi connectivity index (χ0n) is 14.4. The van der Waals surface area contributed by atoms with E-state index in [0.717, 1.165) is 19.6 Å². The molecular formula is C17H36N2O. The van der Waals surface area contributed by atoms with Crippen LogP contribution in [0, 0.1) is 5.41 Å². The number of hydrogen-bond acceptors (Lipinski definition) is 3. The maximum atomic E-state index is 6.72. The Morgan fingerprint density at radius 2 is 1.65 bits per heavy atom. The molecule has 0 bridgehead atoms. The highest BCUT2D eigenvalue weighted by atomic mass is 16.5. The van der Waals surface area contributed by atoms with E-state index in [4.69, 9.17) is 10.5 Å². The molecule has 0 heterocycles. The summed E-state index contributed by atoms with van der Waals surface area (Å²) in [6, 6.07) is 0. The van der Waals surface area contributed by atoms with Crippen LogP contribution in [0.2, 0.25) is 0 Å². The minimum absolute atomic E-state index is 0.0830. The number of unbranched alkanes of at least 4 members (excludes halogenated alkanes) is 2. The monoisotopic (exact) mass is 284 g/mol. The number of nitrogens with zero attached hydrogens (tertiary/aromatic N) is 1. The molecule has 120 valence electrons. The van der Waals surface area contributed by atoms with Gasteiger partial charge in [-0.2, -0.15) is 0 Å². The molecule has 3 nitrogen and oxygen atoms in total. The average molecular weight is 284 g/mol. The third kappa shape index (κ3) is 3.96. The predicted molar refractivity (Wildman–Crippen MR) is 87.0 cm³/mol. The number of rotatable bonds is 10. The van der Waals surface area contributed by atoms with Gasteiger partial charge in [-0.15, -0.1) is 0 Å². The molecule has 0 spiro atoms. The Bertz CT molecular complexity index is 272. The van der Waals surface area contributed by atoms with Crippen molar-refractivity contribution in [3.05, 3.63) is 0 Å². The second kappa shape index (κ2) is 7.77. The summed E-state index contributed by atoms with van der Waals surface area (Å²) < 4.78 is 5.83. The SMILES string of the molecule is CCCCN(CCCC)CC1(N)CC(OCC)C1(C)C. The van der Waals surface area contributed by atoms with Crippen molar-refractivity contribution in [2.24, 2.45) is 11.1 Å². The first-order valence-electron chi connectivity index (χ1n) is 8.54. The van der Waals surface area contributed by atoms with Crippen molar-refractivity contribution in [2.75, 3.05) is 26.2 Å². The lowest BCUT2D eigenvalue weighted by Gasteiger charge is -2.60. The van der Waals surface area contributed by atoms with Crippen molar-refractivity contribution >= 4 is 0 Å². The van der Waals surface area contributed by atoms with Crippen LogP contribution in [-0.4, -0.2) is 42.8 Å². The Morgan fingerprint density at radius 3 is 2.05 bits per heavy atom. The van der Waals surface area contributed by atoms with Gasteiger partial charge in [0.2, 0.25) is 0 Å². The normalized spacial score (nSPS) is 28.6. The lowest BCUT2D eigenvalue weighted by atomic mass is 9.54. The van der Waals surface area contributed by atoms with E-state index in [1.165, 1.54) is 38.8 Å². The highest BCUT2D eigenvalue weighted by Crippen LogP contribution is 2.50. The Balaban J connectivity index is 2.58. The van der Waals surface area contributed by atoms with Crippen LogP contribution in [0.25, 0.3) is 0 Å². The summed E-state index contributed by atoms with van der Waals surface area (Å²) in [5, 5.41) is 0. The lowest BCUT2D eigenvalue weighted by molar-refractivity contribution is -0.156. The van der Waals surface area contributed by atoms with E-state index >= 15 is 0 Å². The van der Waals surface area contributed by atoms with Gasteiger partial charge in [-0.1, -0.05) is 40.5 Å². The number of nitrogens with two attached hydrogens (primary N) is 1. The standard InChI is InChI=1S/C17H36N2O/c1-6-9-11-19(12-10-7-2)14-17(18)13-15(20-8-3)16(17,4)5/h15H,6-14,18H2,1-5H3. The van der Waals surface area contributed by atoms with Crippen molar-refractivity contribution in [3.63, 3.8) is 0 Å². The van der Waals surface area contributed by atoms with Crippen molar-refractivity contribution in [2.45, 2.75) is 78.4 Å². The smallest absolute Gasteiger partial charge is 0.0662 e. The molecule has 3 heteroatoms. The molecule has 1 fully saturated rings. The first-order chi connectivity index (χ1) is 9.41. The third-order valence-corrected chi connectivity index (χ3v) is 5.17. The van der Waals surface area contributed by atoms with Gasteiger partial charge < -0.3 is 15.4 Å². The fourth-order valence-corrected chi connectivity index (χ4v) is 3.21. The Kier molecular flexibility index (Phi) is 6.96. The Hall–Kier alpha value is -0.120. The van der Waals surface area contributed by atoms with Crippen LogP contribution in [-0.2, 0) is 4.74 Å². The van der Waals surface area contributed by atoms with Gasteiger partial charge in [0.15, 0.2) is 0 Å². The van der Waals surface area contributed by atoms with E-state index in [0.29, 0.717) is 6.10 Å². The fraction of sp³-hybridized carbons (Fsp3) is 1.00. The van der Waals surface area contributed by atoms with Gasteiger partial charge in [0.05, 0.1) is 6.10 Å². The average Bonchev–Trinajstić information content (AvgIpc) is 2.41. The molecule has 0 aromatic rings. The van der Waals surface area contributed by atoms with Crippen LogP contribution in [0.5, 0.6) is 0 Å². The lowest BCUT2D eigenvalue weighted by Crippen LogP contribution is -2.73. The maximum absolute atomic E-state index is 6.72. The molecule has 2 N–H and O–H groups in total. The molecule has 0 radical (unpaired) electrons. The van der Waals surface area contributed by atoms with Gasteiger partial charge in [0, 0.05) is 24.1 Å². The minimum atomic E-state index is -0.0890. The quantitative estimate of drug-likeness (QED) is 0.668. The zero-order valence-corrected chi connectivity index (χ0v) is 14.4. The van der Waals surface area contributed by atoms with Crippen LogP contribution in [0.4, 0.5) is 0 Å². The van der Waals surface area contributed by atoms with E-state index in [1.807, 2.05) is 0 Å². The van der Waals surface area contributed by atoms with Crippen LogP contribution in [0.3, 0.4) is 0 Å². The van der Waals surface area contributed by atoms with E-state index < -0.39 is 0 Å². The summed E-state index contributed by atoms with van der Waals surface area (Å²) in [5.74, 6) is 0. The largest absolute Gasteiger partial charge is 0.378 e.